The third-order valence-electron chi connectivity index (χ3n) is 3.95. The van der Waals surface area contributed by atoms with Crippen molar-refractivity contribution in [2.75, 3.05) is 13.1 Å². The minimum absolute atomic E-state index is 0.501. The van der Waals surface area contributed by atoms with Crippen LogP contribution in [0.15, 0.2) is 0 Å². The lowest BCUT2D eigenvalue weighted by Gasteiger charge is -2.09. The van der Waals surface area contributed by atoms with Crippen LogP contribution in [0.4, 0.5) is 0 Å². The number of ether oxygens (including phenoxy) is 1. The van der Waals surface area contributed by atoms with Crippen molar-refractivity contribution in [3.05, 3.63) is 0 Å². The van der Waals surface area contributed by atoms with Crippen LogP contribution in [0.3, 0.4) is 0 Å². The van der Waals surface area contributed by atoms with E-state index in [0.717, 1.165) is 0 Å². The first-order chi connectivity index (χ1) is 6.93. The fourth-order valence-corrected chi connectivity index (χ4v) is 3.20. The second-order valence-corrected chi connectivity index (χ2v) is 4.90. The lowest BCUT2D eigenvalue weighted by molar-refractivity contribution is -0.510. The van der Waals surface area contributed by atoms with Gasteiger partial charge in [-0.05, 0) is 25.7 Å². The van der Waals surface area contributed by atoms with Crippen LogP contribution in [0.2, 0.25) is 0 Å². The van der Waals surface area contributed by atoms with Gasteiger partial charge in [0.1, 0.15) is 19.2 Å². The van der Waals surface area contributed by atoms with Crippen LogP contribution in [0.5, 0.6) is 0 Å². The lowest BCUT2D eigenvalue weighted by atomic mass is 9.99. The fourth-order valence-electron chi connectivity index (χ4n) is 3.20. The van der Waals surface area contributed by atoms with E-state index in [2.05, 4.69) is 4.58 Å². The summed E-state index contributed by atoms with van der Waals surface area (Å²) in [6.07, 6.45) is 10.4. The number of nitrogens with zero attached hydrogens (tertiary/aromatic N) is 1. The minimum atomic E-state index is 0.501. The van der Waals surface area contributed by atoms with E-state index in [4.69, 9.17) is 4.74 Å². The van der Waals surface area contributed by atoms with Gasteiger partial charge in [-0.25, -0.2) is 4.58 Å². The minimum Gasteiger partial charge on any atom is -0.364 e. The highest BCUT2D eigenvalue weighted by atomic mass is 16.5. The molecule has 2 atom stereocenters. The van der Waals surface area contributed by atoms with Crippen molar-refractivity contribution in [1.29, 1.82) is 0 Å². The molecular formula is C12H20NO+. The predicted molar refractivity (Wildman–Crippen MR) is 56.0 cm³/mol. The van der Waals surface area contributed by atoms with E-state index < -0.39 is 0 Å². The molecule has 0 amide bonds. The van der Waals surface area contributed by atoms with Gasteiger partial charge >= 0.3 is 0 Å². The summed E-state index contributed by atoms with van der Waals surface area (Å²) in [5, 5.41) is 0. The van der Waals surface area contributed by atoms with Crippen molar-refractivity contribution in [3.63, 3.8) is 0 Å². The molecule has 3 saturated heterocycles. The number of fused-ring (bicyclic) bond motifs is 2. The van der Waals surface area contributed by atoms with Crippen LogP contribution >= 0.6 is 0 Å². The third kappa shape index (κ3) is 1.50. The van der Waals surface area contributed by atoms with Crippen molar-refractivity contribution in [2.24, 2.45) is 0 Å². The largest absolute Gasteiger partial charge is 0.364 e. The Kier molecular flexibility index (Phi) is 2.32. The average molecular weight is 194 g/mol. The Morgan fingerprint density at radius 2 is 1.86 bits per heavy atom. The van der Waals surface area contributed by atoms with Crippen LogP contribution in [0, 0.1) is 0 Å². The van der Waals surface area contributed by atoms with Gasteiger partial charge in [0.2, 0.25) is 0 Å². The number of hydrogen-bond donors (Lipinski definition) is 0. The van der Waals surface area contributed by atoms with Gasteiger partial charge in [-0.2, -0.15) is 0 Å². The molecule has 78 valence electrons. The molecule has 3 aliphatic rings. The smallest absolute Gasteiger partial charge is 0.181 e. The van der Waals surface area contributed by atoms with Gasteiger partial charge < -0.3 is 4.74 Å². The van der Waals surface area contributed by atoms with Crippen LogP contribution in [0.1, 0.15) is 44.9 Å². The zero-order valence-electron chi connectivity index (χ0n) is 8.87. The molecule has 3 rings (SSSR count). The molecular weight excluding hydrogens is 174 g/mol. The summed E-state index contributed by atoms with van der Waals surface area (Å²) in [4.78, 5) is 0. The summed E-state index contributed by atoms with van der Waals surface area (Å²) in [6.45, 7) is 2.58. The number of hydrogen-bond acceptors (Lipinski definition) is 1. The number of rotatable bonds is 0. The molecule has 0 radical (unpaired) electrons. The van der Waals surface area contributed by atoms with E-state index >= 15 is 0 Å². The monoisotopic (exact) mass is 194 g/mol. The average Bonchev–Trinajstić information content (AvgIpc) is 2.76. The maximum Gasteiger partial charge on any atom is 0.181 e. The third-order valence-corrected chi connectivity index (χ3v) is 3.95. The maximum atomic E-state index is 6.07. The van der Waals surface area contributed by atoms with Crippen molar-refractivity contribution in [3.8, 4) is 0 Å². The fraction of sp³-hybridized carbons (Fsp3) is 0.917. The molecule has 2 nitrogen and oxygen atoms in total. The Hall–Kier alpha value is -0.370. The van der Waals surface area contributed by atoms with E-state index in [1.807, 2.05) is 0 Å². The molecule has 0 aromatic heterocycles. The molecule has 0 N–H and O–H groups in total. The van der Waals surface area contributed by atoms with Crippen molar-refractivity contribution in [2.45, 2.75) is 57.2 Å². The van der Waals surface area contributed by atoms with Gasteiger partial charge in [-0.15, -0.1) is 0 Å². The van der Waals surface area contributed by atoms with E-state index in [-0.39, 0.29) is 0 Å². The van der Waals surface area contributed by atoms with Crippen LogP contribution in [-0.2, 0) is 4.74 Å². The predicted octanol–water partition coefficient (Wildman–Crippen LogP) is 1.97. The van der Waals surface area contributed by atoms with Gasteiger partial charge in [-0.1, -0.05) is 0 Å². The lowest BCUT2D eigenvalue weighted by Crippen LogP contribution is -2.29. The van der Waals surface area contributed by atoms with Crippen molar-refractivity contribution >= 4 is 5.71 Å². The molecule has 3 heterocycles. The first-order valence-corrected chi connectivity index (χ1v) is 6.19. The van der Waals surface area contributed by atoms with Crippen LogP contribution < -0.4 is 0 Å². The molecule has 0 saturated carbocycles. The highest BCUT2D eigenvalue weighted by Gasteiger charge is 2.37. The van der Waals surface area contributed by atoms with E-state index in [1.165, 1.54) is 58.0 Å². The second-order valence-electron chi connectivity index (χ2n) is 4.90. The SMILES string of the molecule is C1CC(=[N+]2CCCC2)[C@@H]2CC[C@H](C1)O2. The van der Waals surface area contributed by atoms with Crippen molar-refractivity contribution in [1.82, 2.24) is 0 Å². The Labute approximate surface area is 86.0 Å². The molecule has 3 aliphatic heterocycles. The topological polar surface area (TPSA) is 12.2 Å². The van der Waals surface area contributed by atoms with E-state index in [0.29, 0.717) is 12.2 Å². The van der Waals surface area contributed by atoms with Gasteiger partial charge in [-0.3, -0.25) is 0 Å². The van der Waals surface area contributed by atoms with Crippen LogP contribution in [0.25, 0.3) is 0 Å². The molecule has 0 unspecified atom stereocenters. The quantitative estimate of drug-likeness (QED) is 0.537. The Morgan fingerprint density at radius 1 is 1.00 bits per heavy atom. The highest BCUT2D eigenvalue weighted by Crippen LogP contribution is 2.30. The van der Waals surface area contributed by atoms with Gasteiger partial charge in [0.05, 0.1) is 6.10 Å². The zero-order valence-corrected chi connectivity index (χ0v) is 8.87. The van der Waals surface area contributed by atoms with Crippen LogP contribution in [-0.4, -0.2) is 35.6 Å². The Morgan fingerprint density at radius 3 is 2.71 bits per heavy atom. The zero-order chi connectivity index (χ0) is 9.38. The maximum absolute atomic E-state index is 6.07. The van der Waals surface area contributed by atoms with Gasteiger partial charge in [0.25, 0.3) is 0 Å². The molecule has 0 aromatic rings. The molecule has 14 heavy (non-hydrogen) atoms. The summed E-state index contributed by atoms with van der Waals surface area (Å²) in [7, 11) is 0. The first-order valence-electron chi connectivity index (χ1n) is 6.19. The van der Waals surface area contributed by atoms with Gasteiger partial charge in [0.15, 0.2) is 5.71 Å². The van der Waals surface area contributed by atoms with E-state index in [9.17, 15) is 0 Å². The Balaban J connectivity index is 1.86. The highest BCUT2D eigenvalue weighted by molar-refractivity contribution is 5.84. The summed E-state index contributed by atoms with van der Waals surface area (Å²) in [5.74, 6) is 0. The molecule has 0 spiro atoms. The molecule has 2 bridgehead atoms. The summed E-state index contributed by atoms with van der Waals surface area (Å²) < 4.78 is 8.68. The standard InChI is InChI=1S/C12H20NO/c1-2-9-13(8-1)11-5-3-4-10-6-7-12(11)14-10/h10,12H,1-9H2/q+1/t10-,12-/m0/s1. The molecule has 3 fully saturated rings. The Bertz CT molecular complexity index is 251. The second kappa shape index (κ2) is 3.65. The summed E-state index contributed by atoms with van der Waals surface area (Å²) >= 11 is 0. The van der Waals surface area contributed by atoms with Gasteiger partial charge in [0, 0.05) is 19.3 Å². The first kappa shape index (κ1) is 8.90. The van der Waals surface area contributed by atoms with Crippen molar-refractivity contribution < 1.29 is 9.31 Å². The molecule has 0 aliphatic carbocycles. The van der Waals surface area contributed by atoms with E-state index in [1.54, 1.807) is 5.71 Å². The summed E-state index contributed by atoms with van der Waals surface area (Å²) in [6, 6.07) is 0. The molecule has 2 heteroatoms. The normalized spacial score (nSPS) is 37.7. The summed E-state index contributed by atoms with van der Waals surface area (Å²) in [5.41, 5.74) is 1.64. The molecule has 0 aromatic carbocycles.